The molecule has 0 aromatic carbocycles. The molecule has 68 valence electrons. The number of isocyanates is 1. The second-order valence-corrected chi connectivity index (χ2v) is 3.43. The monoisotopic (exact) mass is 171 g/mol. The summed E-state index contributed by atoms with van der Waals surface area (Å²) in [4.78, 5) is 24.1. The molecule has 1 unspecified atom stereocenters. The van der Waals surface area contributed by atoms with Crippen LogP contribution in [0.4, 0.5) is 0 Å². The smallest absolute Gasteiger partial charge is 0.332 e. The Morgan fingerprint density at radius 1 is 1.50 bits per heavy atom. The molecule has 12 heavy (non-hydrogen) atoms. The molecule has 0 aromatic rings. The van der Waals surface area contributed by atoms with Gasteiger partial charge in [-0.1, -0.05) is 0 Å². The number of esters is 1. The quantitative estimate of drug-likeness (QED) is 0.354. The zero-order valence-electron chi connectivity index (χ0n) is 7.75. The van der Waals surface area contributed by atoms with Crippen molar-refractivity contribution in [3.05, 3.63) is 0 Å². The van der Waals surface area contributed by atoms with Gasteiger partial charge in [0, 0.05) is 0 Å². The lowest BCUT2D eigenvalue weighted by atomic mass is 10.2. The highest BCUT2D eigenvalue weighted by molar-refractivity contribution is 5.76. The largest absolute Gasteiger partial charge is 0.458 e. The van der Waals surface area contributed by atoms with E-state index in [9.17, 15) is 9.59 Å². The number of aliphatic imine (C=N–C) groups is 1. The molecule has 0 heterocycles. The van der Waals surface area contributed by atoms with E-state index in [1.807, 2.05) is 0 Å². The van der Waals surface area contributed by atoms with Crippen LogP contribution >= 0.6 is 0 Å². The lowest BCUT2D eigenvalue weighted by molar-refractivity contribution is -0.155. The van der Waals surface area contributed by atoms with Crippen LogP contribution in [0, 0.1) is 0 Å². The highest BCUT2D eigenvalue weighted by Crippen LogP contribution is 2.08. The number of ether oxygens (including phenoxy) is 1. The molecule has 0 amide bonds. The van der Waals surface area contributed by atoms with E-state index in [2.05, 4.69) is 4.99 Å². The normalized spacial score (nSPS) is 13.0. The second-order valence-electron chi connectivity index (χ2n) is 3.43. The van der Waals surface area contributed by atoms with Crippen molar-refractivity contribution < 1.29 is 14.3 Å². The van der Waals surface area contributed by atoms with Crippen LogP contribution in [0.15, 0.2) is 4.99 Å². The Morgan fingerprint density at radius 3 is 2.33 bits per heavy atom. The van der Waals surface area contributed by atoms with Crippen molar-refractivity contribution in [2.24, 2.45) is 4.99 Å². The molecule has 0 radical (unpaired) electrons. The van der Waals surface area contributed by atoms with Gasteiger partial charge < -0.3 is 4.74 Å². The summed E-state index contributed by atoms with van der Waals surface area (Å²) < 4.78 is 4.94. The molecule has 0 saturated carbocycles. The summed E-state index contributed by atoms with van der Waals surface area (Å²) in [5.74, 6) is -0.508. The molecule has 0 aliphatic heterocycles. The van der Waals surface area contributed by atoms with Gasteiger partial charge in [0.15, 0.2) is 6.04 Å². The number of hydrogen-bond acceptors (Lipinski definition) is 4. The Bertz CT molecular complexity index is 211. The summed E-state index contributed by atoms with van der Waals surface area (Å²) in [6, 6.07) is -0.762. The summed E-state index contributed by atoms with van der Waals surface area (Å²) in [6.45, 7) is 6.74. The zero-order chi connectivity index (χ0) is 9.78. The minimum Gasteiger partial charge on any atom is -0.458 e. The van der Waals surface area contributed by atoms with Crippen LogP contribution in [0.1, 0.15) is 27.7 Å². The first-order valence-electron chi connectivity index (χ1n) is 3.66. The van der Waals surface area contributed by atoms with Crippen LogP contribution < -0.4 is 0 Å². The van der Waals surface area contributed by atoms with Crippen LogP contribution in [0.3, 0.4) is 0 Å². The molecule has 0 fully saturated rings. The van der Waals surface area contributed by atoms with Gasteiger partial charge in [0.25, 0.3) is 0 Å². The fourth-order valence-electron chi connectivity index (χ4n) is 0.519. The Morgan fingerprint density at radius 2 is 2.00 bits per heavy atom. The first kappa shape index (κ1) is 10.8. The lowest BCUT2D eigenvalue weighted by Gasteiger charge is -2.20. The van der Waals surface area contributed by atoms with Crippen molar-refractivity contribution in [3.8, 4) is 0 Å². The van der Waals surface area contributed by atoms with Crippen LogP contribution in [0.25, 0.3) is 0 Å². The van der Waals surface area contributed by atoms with Gasteiger partial charge in [0.1, 0.15) is 5.60 Å². The van der Waals surface area contributed by atoms with Gasteiger partial charge in [-0.15, -0.1) is 0 Å². The first-order valence-corrected chi connectivity index (χ1v) is 3.66. The predicted octanol–water partition coefficient (Wildman–Crippen LogP) is 1.05. The predicted molar refractivity (Wildman–Crippen MR) is 43.4 cm³/mol. The summed E-state index contributed by atoms with van der Waals surface area (Å²) in [7, 11) is 0. The van der Waals surface area contributed by atoms with Crippen LogP contribution in [0.5, 0.6) is 0 Å². The number of rotatable bonds is 2. The van der Waals surface area contributed by atoms with Crippen molar-refractivity contribution in [2.75, 3.05) is 0 Å². The third-order valence-electron chi connectivity index (χ3n) is 0.994. The topological polar surface area (TPSA) is 55.7 Å². The molecule has 0 aliphatic rings. The standard InChI is InChI=1S/C8H13NO3/c1-6(9-5-10)7(11)12-8(2,3)4/h6H,1-4H3. The summed E-state index contributed by atoms with van der Waals surface area (Å²) in [5.41, 5.74) is -0.538. The molecule has 0 aliphatic carbocycles. The molecule has 4 nitrogen and oxygen atoms in total. The summed E-state index contributed by atoms with van der Waals surface area (Å²) in [6.07, 6.45) is 1.31. The Kier molecular flexibility index (Phi) is 3.64. The molecular formula is C8H13NO3. The van der Waals surface area contributed by atoms with Crippen LogP contribution in [-0.4, -0.2) is 23.7 Å². The van der Waals surface area contributed by atoms with E-state index >= 15 is 0 Å². The van der Waals surface area contributed by atoms with Crippen molar-refractivity contribution in [1.29, 1.82) is 0 Å². The number of carbonyl (C=O) groups excluding carboxylic acids is 2. The maximum Gasteiger partial charge on any atom is 0.332 e. The van der Waals surface area contributed by atoms with E-state index in [1.54, 1.807) is 20.8 Å². The lowest BCUT2D eigenvalue weighted by Crippen LogP contribution is -2.29. The summed E-state index contributed by atoms with van der Waals surface area (Å²) in [5, 5.41) is 0. The zero-order valence-corrected chi connectivity index (χ0v) is 7.75. The molecular weight excluding hydrogens is 158 g/mol. The highest BCUT2D eigenvalue weighted by Gasteiger charge is 2.20. The highest BCUT2D eigenvalue weighted by atomic mass is 16.6. The number of hydrogen-bond donors (Lipinski definition) is 0. The maximum absolute atomic E-state index is 11.1. The molecule has 0 N–H and O–H groups in total. The van der Waals surface area contributed by atoms with Gasteiger partial charge in [0.05, 0.1) is 0 Å². The third-order valence-corrected chi connectivity index (χ3v) is 0.994. The Labute approximate surface area is 71.6 Å². The minimum absolute atomic E-state index is 0.508. The molecule has 0 saturated heterocycles. The molecule has 0 bridgehead atoms. The van der Waals surface area contributed by atoms with Gasteiger partial charge in [0.2, 0.25) is 6.08 Å². The summed E-state index contributed by atoms with van der Waals surface area (Å²) >= 11 is 0. The first-order chi connectivity index (χ1) is 5.37. The minimum atomic E-state index is -0.762. The number of nitrogens with zero attached hydrogens (tertiary/aromatic N) is 1. The van der Waals surface area contributed by atoms with Crippen LogP contribution in [-0.2, 0) is 14.3 Å². The van der Waals surface area contributed by atoms with E-state index in [1.165, 1.54) is 13.0 Å². The van der Waals surface area contributed by atoms with Gasteiger partial charge in [-0.3, -0.25) is 0 Å². The van der Waals surface area contributed by atoms with Crippen LogP contribution in [0.2, 0.25) is 0 Å². The van der Waals surface area contributed by atoms with Crippen molar-refractivity contribution in [2.45, 2.75) is 39.3 Å². The Hall–Kier alpha value is -1.15. The van der Waals surface area contributed by atoms with Crippen molar-refractivity contribution in [3.63, 3.8) is 0 Å². The fourth-order valence-corrected chi connectivity index (χ4v) is 0.519. The van der Waals surface area contributed by atoms with E-state index in [4.69, 9.17) is 4.74 Å². The Balaban J connectivity index is 4.14. The van der Waals surface area contributed by atoms with Gasteiger partial charge in [-0.05, 0) is 27.7 Å². The van der Waals surface area contributed by atoms with E-state index in [-0.39, 0.29) is 0 Å². The van der Waals surface area contributed by atoms with Gasteiger partial charge in [-0.25, -0.2) is 9.59 Å². The molecule has 0 aromatic heterocycles. The number of carbonyl (C=O) groups is 1. The van der Waals surface area contributed by atoms with E-state index in [0.29, 0.717) is 0 Å². The second kappa shape index (κ2) is 4.02. The third kappa shape index (κ3) is 4.63. The van der Waals surface area contributed by atoms with Gasteiger partial charge in [-0.2, -0.15) is 4.99 Å². The van der Waals surface area contributed by atoms with E-state index < -0.39 is 17.6 Å². The average molecular weight is 171 g/mol. The maximum atomic E-state index is 11.1. The molecule has 1 atom stereocenters. The van der Waals surface area contributed by atoms with Crippen molar-refractivity contribution in [1.82, 2.24) is 0 Å². The van der Waals surface area contributed by atoms with Gasteiger partial charge >= 0.3 is 5.97 Å². The van der Waals surface area contributed by atoms with Crippen molar-refractivity contribution >= 4 is 12.0 Å². The SMILES string of the molecule is CC(N=C=O)C(=O)OC(C)(C)C. The fraction of sp³-hybridized carbons (Fsp3) is 0.750. The molecule has 0 rings (SSSR count). The molecule has 0 spiro atoms. The average Bonchev–Trinajstić information content (AvgIpc) is 1.84. The van der Waals surface area contributed by atoms with E-state index in [0.717, 1.165) is 0 Å². The molecule has 4 heteroatoms.